The highest BCUT2D eigenvalue weighted by Crippen LogP contribution is 2.52. The second-order valence-electron chi connectivity index (χ2n) is 4.98. The Morgan fingerprint density at radius 3 is 2.29 bits per heavy atom. The summed E-state index contributed by atoms with van der Waals surface area (Å²) in [5.41, 5.74) is 3.18. The number of carbonyl (C=O) groups excluding carboxylic acids is 1. The normalized spacial score (nSPS) is 16.7. The van der Waals surface area contributed by atoms with Crippen LogP contribution in [0.15, 0.2) is 38.3 Å². The quantitative estimate of drug-likeness (QED) is 0.275. The summed E-state index contributed by atoms with van der Waals surface area (Å²) in [5, 5.41) is 1.67. The number of thiocarbonyl (C=S) groups is 1. The van der Waals surface area contributed by atoms with E-state index in [2.05, 4.69) is 12.1 Å². The fraction of sp³-hybridized carbons (Fsp3) is 0.333. The van der Waals surface area contributed by atoms with Crippen LogP contribution in [0.2, 0.25) is 0 Å². The first kappa shape index (κ1) is 19.4. The van der Waals surface area contributed by atoms with Gasteiger partial charge in [0.1, 0.15) is 0 Å². The van der Waals surface area contributed by atoms with Gasteiger partial charge in [-0.25, -0.2) is 0 Å². The second kappa shape index (κ2) is 9.53. The number of thioether (sulfide) groups is 2. The lowest BCUT2D eigenvalue weighted by molar-refractivity contribution is -0.109. The van der Waals surface area contributed by atoms with Crippen molar-refractivity contribution in [2.45, 2.75) is 27.1 Å². The van der Waals surface area contributed by atoms with Crippen LogP contribution in [0.3, 0.4) is 0 Å². The molecule has 0 aliphatic carbocycles. The van der Waals surface area contributed by atoms with Crippen LogP contribution >= 0.6 is 35.7 Å². The number of ether oxygens (including phenoxy) is 2. The molecule has 1 aromatic carbocycles. The highest BCUT2D eigenvalue weighted by atomic mass is 32.2. The van der Waals surface area contributed by atoms with Crippen molar-refractivity contribution in [1.29, 1.82) is 0 Å². The van der Waals surface area contributed by atoms with Crippen LogP contribution < -0.4 is 0 Å². The van der Waals surface area contributed by atoms with E-state index in [9.17, 15) is 4.79 Å². The molecule has 1 heterocycles. The highest BCUT2D eigenvalue weighted by molar-refractivity contribution is 8.29. The van der Waals surface area contributed by atoms with Gasteiger partial charge >= 0.3 is 0 Å². The number of aldehydes is 1. The minimum atomic E-state index is -0.514. The summed E-state index contributed by atoms with van der Waals surface area (Å²) in [6, 6.07) is 8.19. The summed E-state index contributed by atoms with van der Waals surface area (Å²) in [7, 11) is 0. The summed E-state index contributed by atoms with van der Waals surface area (Å²) >= 11 is 8.16. The first-order valence-electron chi connectivity index (χ1n) is 7.69. The van der Waals surface area contributed by atoms with Crippen LogP contribution in [0.25, 0.3) is 5.57 Å². The molecule has 128 valence electrons. The Balaban J connectivity index is 2.35. The molecule has 2 rings (SSSR count). The number of hydrogen-bond acceptors (Lipinski definition) is 6. The maximum absolute atomic E-state index is 11.5. The van der Waals surface area contributed by atoms with Gasteiger partial charge in [-0.1, -0.05) is 65.6 Å². The van der Waals surface area contributed by atoms with E-state index in [1.807, 2.05) is 32.9 Å². The Bertz CT molecular complexity index is 657. The molecule has 0 spiro atoms. The van der Waals surface area contributed by atoms with Gasteiger partial charge in [-0.05, 0) is 26.3 Å². The summed E-state index contributed by atoms with van der Waals surface area (Å²) < 4.78 is 12.3. The molecule has 3 nitrogen and oxygen atoms in total. The molecular formula is C18H20O3S3. The fourth-order valence-electron chi connectivity index (χ4n) is 2.15. The SMILES string of the molecule is CCOC(OCC)C1=C(C=O)S/C(=C(/C=S)c2ccc(C)cc2)S1. The second-order valence-corrected chi connectivity index (χ2v) is 7.58. The van der Waals surface area contributed by atoms with Crippen molar-refractivity contribution in [3.05, 3.63) is 49.4 Å². The van der Waals surface area contributed by atoms with Crippen LogP contribution in [-0.2, 0) is 14.3 Å². The summed E-state index contributed by atoms with van der Waals surface area (Å²) in [4.78, 5) is 12.9. The van der Waals surface area contributed by atoms with E-state index in [1.165, 1.54) is 29.1 Å². The van der Waals surface area contributed by atoms with Crippen LogP contribution in [0.5, 0.6) is 0 Å². The van der Waals surface area contributed by atoms with E-state index in [0.29, 0.717) is 18.1 Å². The molecule has 1 aliphatic rings. The molecule has 24 heavy (non-hydrogen) atoms. The molecule has 0 atom stereocenters. The van der Waals surface area contributed by atoms with E-state index in [0.717, 1.165) is 26.6 Å². The number of rotatable bonds is 8. The van der Waals surface area contributed by atoms with Crippen LogP contribution in [0, 0.1) is 6.92 Å². The molecular weight excluding hydrogens is 360 g/mol. The molecule has 0 bridgehead atoms. The number of aryl methyl sites for hydroxylation is 1. The lowest BCUT2D eigenvalue weighted by Gasteiger charge is -2.17. The van der Waals surface area contributed by atoms with Gasteiger partial charge in [0.25, 0.3) is 0 Å². The number of benzene rings is 1. The van der Waals surface area contributed by atoms with Crippen molar-refractivity contribution in [3.63, 3.8) is 0 Å². The summed E-state index contributed by atoms with van der Waals surface area (Å²) in [5.74, 6) is 0. The minimum Gasteiger partial charge on any atom is -0.348 e. The standard InChI is InChI=1S/C18H20O3S3/c1-4-20-17(21-5-2)16-15(10-19)23-18(24-16)14(11-22)13-8-6-12(3)7-9-13/h6-11,17H,4-5H2,1-3H3/b18-14+. The van der Waals surface area contributed by atoms with Gasteiger partial charge in [-0.3, -0.25) is 4.79 Å². The molecule has 0 radical (unpaired) electrons. The van der Waals surface area contributed by atoms with Gasteiger partial charge in [0, 0.05) is 24.2 Å². The van der Waals surface area contributed by atoms with Gasteiger partial charge in [0.2, 0.25) is 0 Å². The largest absolute Gasteiger partial charge is 0.348 e. The average Bonchev–Trinajstić information content (AvgIpc) is 3.01. The molecule has 6 heteroatoms. The Kier molecular flexibility index (Phi) is 7.71. The van der Waals surface area contributed by atoms with E-state index in [4.69, 9.17) is 21.7 Å². The van der Waals surface area contributed by atoms with Crippen molar-refractivity contribution in [2.75, 3.05) is 13.2 Å². The maximum Gasteiger partial charge on any atom is 0.191 e. The molecule has 1 aliphatic heterocycles. The van der Waals surface area contributed by atoms with Gasteiger partial charge in [-0.15, -0.1) is 0 Å². The third-order valence-electron chi connectivity index (χ3n) is 3.31. The first-order valence-corrected chi connectivity index (χ1v) is 9.79. The Morgan fingerprint density at radius 2 is 1.79 bits per heavy atom. The molecule has 0 amide bonds. The molecule has 0 N–H and O–H groups in total. The number of carbonyl (C=O) groups is 1. The van der Waals surface area contributed by atoms with Crippen molar-refractivity contribution in [2.24, 2.45) is 0 Å². The zero-order valence-electron chi connectivity index (χ0n) is 13.9. The van der Waals surface area contributed by atoms with Crippen LogP contribution in [0.4, 0.5) is 0 Å². The van der Waals surface area contributed by atoms with Gasteiger partial charge < -0.3 is 9.47 Å². The maximum atomic E-state index is 11.5. The lowest BCUT2D eigenvalue weighted by atomic mass is 10.1. The van der Waals surface area contributed by atoms with Gasteiger partial charge in [0.15, 0.2) is 12.6 Å². The molecule has 0 saturated carbocycles. The van der Waals surface area contributed by atoms with E-state index in [1.54, 1.807) is 5.37 Å². The van der Waals surface area contributed by atoms with Crippen molar-refractivity contribution in [1.82, 2.24) is 0 Å². The average molecular weight is 381 g/mol. The lowest BCUT2D eigenvalue weighted by Crippen LogP contribution is -2.18. The van der Waals surface area contributed by atoms with E-state index < -0.39 is 6.29 Å². The molecule has 0 fully saturated rings. The fourth-order valence-corrected chi connectivity index (χ4v) is 5.10. The third kappa shape index (κ3) is 4.58. The highest BCUT2D eigenvalue weighted by Gasteiger charge is 2.30. The minimum absolute atomic E-state index is 0.514. The van der Waals surface area contributed by atoms with Crippen molar-refractivity contribution >= 4 is 53.0 Å². The van der Waals surface area contributed by atoms with Crippen LogP contribution in [-0.4, -0.2) is 31.2 Å². The topological polar surface area (TPSA) is 35.5 Å². The van der Waals surface area contributed by atoms with Crippen molar-refractivity contribution in [3.8, 4) is 0 Å². The van der Waals surface area contributed by atoms with Crippen molar-refractivity contribution < 1.29 is 14.3 Å². The predicted octanol–water partition coefficient (Wildman–Crippen LogP) is 4.95. The third-order valence-corrected chi connectivity index (χ3v) is 6.15. The monoisotopic (exact) mass is 380 g/mol. The first-order chi connectivity index (χ1) is 11.6. The van der Waals surface area contributed by atoms with Gasteiger partial charge in [0.05, 0.1) is 14.0 Å². The molecule has 0 aromatic heterocycles. The molecule has 0 unspecified atom stereocenters. The summed E-state index contributed by atoms with van der Waals surface area (Å²) in [6.07, 6.45) is 0.348. The summed E-state index contributed by atoms with van der Waals surface area (Å²) in [6.45, 7) is 6.90. The van der Waals surface area contributed by atoms with Crippen LogP contribution in [0.1, 0.15) is 25.0 Å². The Morgan fingerprint density at radius 1 is 1.17 bits per heavy atom. The smallest absolute Gasteiger partial charge is 0.191 e. The number of hydrogen-bond donors (Lipinski definition) is 0. The molecule has 0 saturated heterocycles. The zero-order valence-corrected chi connectivity index (χ0v) is 16.4. The predicted molar refractivity (Wildman–Crippen MR) is 107 cm³/mol. The zero-order chi connectivity index (χ0) is 17.5. The van der Waals surface area contributed by atoms with E-state index in [-0.39, 0.29) is 0 Å². The Hall–Kier alpha value is -0.920. The Labute approximate surface area is 156 Å². The van der Waals surface area contributed by atoms with E-state index >= 15 is 0 Å². The number of allylic oxidation sites excluding steroid dienone is 2. The molecule has 1 aromatic rings. The van der Waals surface area contributed by atoms with Gasteiger partial charge in [-0.2, -0.15) is 0 Å².